The Labute approximate surface area is 108 Å². The maximum Gasteiger partial charge on any atom is 0.123 e. The lowest BCUT2D eigenvalue weighted by Gasteiger charge is -2.14. The normalized spacial score (nSPS) is 20.8. The van der Waals surface area contributed by atoms with Crippen LogP contribution in [0.25, 0.3) is 0 Å². The summed E-state index contributed by atoms with van der Waals surface area (Å²) < 4.78 is 5.33. The van der Waals surface area contributed by atoms with Crippen molar-refractivity contribution in [3.63, 3.8) is 0 Å². The molecule has 0 amide bonds. The Bertz CT molecular complexity index is 384. The molecule has 1 atom stereocenters. The van der Waals surface area contributed by atoms with Gasteiger partial charge in [0.2, 0.25) is 0 Å². The van der Waals surface area contributed by atoms with Crippen LogP contribution in [0.5, 0.6) is 5.75 Å². The van der Waals surface area contributed by atoms with Gasteiger partial charge in [0.15, 0.2) is 0 Å². The summed E-state index contributed by atoms with van der Waals surface area (Å²) in [5.74, 6) is 0.897. The number of benzene rings is 1. The zero-order chi connectivity index (χ0) is 12.3. The van der Waals surface area contributed by atoms with Gasteiger partial charge in [0, 0.05) is 29.7 Å². The van der Waals surface area contributed by atoms with Crippen LogP contribution in [0.1, 0.15) is 12.0 Å². The van der Waals surface area contributed by atoms with E-state index in [4.69, 9.17) is 16.3 Å². The van der Waals surface area contributed by atoms with Gasteiger partial charge in [-0.05, 0) is 38.2 Å². The summed E-state index contributed by atoms with van der Waals surface area (Å²) in [6.07, 6.45) is 1.21. The number of ether oxygens (including phenoxy) is 1. The molecule has 1 aliphatic heterocycles. The highest BCUT2D eigenvalue weighted by Gasteiger charge is 2.18. The molecule has 1 unspecified atom stereocenters. The number of nitrogens with zero attached hydrogens (tertiary/aromatic N) is 1. The summed E-state index contributed by atoms with van der Waals surface area (Å²) in [6, 6.07) is 6.31. The molecular formula is C13H19ClN2O. The van der Waals surface area contributed by atoms with Crippen LogP contribution in [0.2, 0.25) is 5.02 Å². The van der Waals surface area contributed by atoms with E-state index in [1.165, 1.54) is 13.0 Å². The molecule has 1 aliphatic rings. The van der Waals surface area contributed by atoms with Crippen LogP contribution in [-0.4, -0.2) is 38.2 Å². The van der Waals surface area contributed by atoms with Gasteiger partial charge >= 0.3 is 0 Å². The van der Waals surface area contributed by atoms with Crippen molar-refractivity contribution in [2.24, 2.45) is 0 Å². The molecule has 3 nitrogen and oxygen atoms in total. The monoisotopic (exact) mass is 254 g/mol. The highest BCUT2D eigenvalue weighted by molar-refractivity contribution is 6.30. The summed E-state index contributed by atoms with van der Waals surface area (Å²) in [5.41, 5.74) is 1.12. The van der Waals surface area contributed by atoms with E-state index >= 15 is 0 Å². The molecule has 4 heteroatoms. The van der Waals surface area contributed by atoms with Gasteiger partial charge in [0.1, 0.15) is 5.75 Å². The van der Waals surface area contributed by atoms with Crippen LogP contribution in [-0.2, 0) is 6.54 Å². The molecule has 0 radical (unpaired) electrons. The van der Waals surface area contributed by atoms with Gasteiger partial charge in [-0.15, -0.1) is 0 Å². The predicted octanol–water partition coefficient (Wildman–Crippen LogP) is 2.14. The van der Waals surface area contributed by atoms with Gasteiger partial charge in [0.05, 0.1) is 7.11 Å². The van der Waals surface area contributed by atoms with Crippen LogP contribution < -0.4 is 10.1 Å². The van der Waals surface area contributed by atoms with Gasteiger partial charge in [-0.2, -0.15) is 0 Å². The minimum absolute atomic E-state index is 0.573. The van der Waals surface area contributed by atoms with E-state index in [1.54, 1.807) is 7.11 Å². The standard InChI is InChI=1S/C13H19ClN2O/c1-16-6-5-12(9-16)15-8-10-7-11(14)3-4-13(10)17-2/h3-4,7,12,15H,5-6,8-9H2,1-2H3. The third-order valence-electron chi connectivity index (χ3n) is 3.21. The van der Waals surface area contributed by atoms with Crippen molar-refractivity contribution in [2.75, 3.05) is 27.2 Å². The molecule has 1 N–H and O–H groups in total. The molecule has 1 heterocycles. The van der Waals surface area contributed by atoms with Crippen molar-refractivity contribution in [1.29, 1.82) is 0 Å². The van der Waals surface area contributed by atoms with Crippen LogP contribution in [0, 0.1) is 0 Å². The smallest absolute Gasteiger partial charge is 0.123 e. The second-order valence-electron chi connectivity index (χ2n) is 4.58. The Kier molecular flexibility index (Phi) is 4.26. The molecule has 1 aromatic rings. The number of halogens is 1. The Balaban J connectivity index is 1.96. The molecule has 0 bridgehead atoms. The van der Waals surface area contributed by atoms with Crippen LogP contribution >= 0.6 is 11.6 Å². The number of likely N-dealkylation sites (tertiary alicyclic amines) is 1. The van der Waals surface area contributed by atoms with Crippen molar-refractivity contribution in [3.05, 3.63) is 28.8 Å². The number of hydrogen-bond donors (Lipinski definition) is 1. The average Bonchev–Trinajstić information content (AvgIpc) is 2.73. The van der Waals surface area contributed by atoms with E-state index in [0.29, 0.717) is 6.04 Å². The van der Waals surface area contributed by atoms with E-state index in [9.17, 15) is 0 Å². The van der Waals surface area contributed by atoms with Crippen LogP contribution in [0.4, 0.5) is 0 Å². The molecule has 0 saturated carbocycles. The quantitative estimate of drug-likeness (QED) is 0.891. The fraction of sp³-hybridized carbons (Fsp3) is 0.538. The second-order valence-corrected chi connectivity index (χ2v) is 5.02. The van der Waals surface area contributed by atoms with Gasteiger partial charge in [0.25, 0.3) is 0 Å². The first-order valence-electron chi connectivity index (χ1n) is 5.93. The minimum atomic E-state index is 0.573. The maximum atomic E-state index is 6.00. The Morgan fingerprint density at radius 3 is 3.00 bits per heavy atom. The van der Waals surface area contributed by atoms with Crippen molar-refractivity contribution < 1.29 is 4.74 Å². The average molecular weight is 255 g/mol. The zero-order valence-electron chi connectivity index (χ0n) is 10.4. The largest absolute Gasteiger partial charge is 0.496 e. The summed E-state index contributed by atoms with van der Waals surface area (Å²) in [4.78, 5) is 2.34. The second kappa shape index (κ2) is 5.71. The Morgan fingerprint density at radius 1 is 1.53 bits per heavy atom. The van der Waals surface area contributed by atoms with E-state index in [2.05, 4.69) is 17.3 Å². The van der Waals surface area contributed by atoms with Crippen LogP contribution in [0.15, 0.2) is 18.2 Å². The summed E-state index contributed by atoms with van der Waals surface area (Å²) in [7, 11) is 3.84. The van der Waals surface area contributed by atoms with Gasteiger partial charge < -0.3 is 15.0 Å². The topological polar surface area (TPSA) is 24.5 Å². The molecule has 2 rings (SSSR count). The fourth-order valence-electron chi connectivity index (χ4n) is 2.24. The first kappa shape index (κ1) is 12.7. The third-order valence-corrected chi connectivity index (χ3v) is 3.45. The zero-order valence-corrected chi connectivity index (χ0v) is 11.1. The van der Waals surface area contributed by atoms with Crippen LogP contribution in [0.3, 0.4) is 0 Å². The molecule has 0 aromatic heterocycles. The number of rotatable bonds is 4. The maximum absolute atomic E-state index is 6.00. The lowest BCUT2D eigenvalue weighted by Crippen LogP contribution is -2.31. The number of likely N-dealkylation sites (N-methyl/N-ethyl adjacent to an activating group) is 1. The summed E-state index contributed by atoms with van der Waals surface area (Å²) in [5, 5.41) is 4.31. The van der Waals surface area contributed by atoms with Gasteiger partial charge in [-0.25, -0.2) is 0 Å². The SMILES string of the molecule is COc1ccc(Cl)cc1CNC1CCN(C)C1. The van der Waals surface area contributed by atoms with E-state index < -0.39 is 0 Å². The first-order valence-corrected chi connectivity index (χ1v) is 6.31. The minimum Gasteiger partial charge on any atom is -0.496 e. The fourth-order valence-corrected chi connectivity index (χ4v) is 2.44. The molecule has 17 heavy (non-hydrogen) atoms. The molecule has 94 valence electrons. The van der Waals surface area contributed by atoms with E-state index in [1.807, 2.05) is 18.2 Å². The molecule has 0 aliphatic carbocycles. The van der Waals surface area contributed by atoms with Crippen molar-refractivity contribution >= 4 is 11.6 Å². The van der Waals surface area contributed by atoms with Gasteiger partial charge in [-0.3, -0.25) is 0 Å². The van der Waals surface area contributed by atoms with E-state index in [0.717, 1.165) is 29.4 Å². The highest BCUT2D eigenvalue weighted by atomic mass is 35.5. The molecule has 0 spiro atoms. The highest BCUT2D eigenvalue weighted by Crippen LogP contribution is 2.22. The number of methoxy groups -OCH3 is 1. The Hall–Kier alpha value is -0.770. The van der Waals surface area contributed by atoms with Crippen molar-refractivity contribution in [1.82, 2.24) is 10.2 Å². The lowest BCUT2D eigenvalue weighted by molar-refractivity contribution is 0.391. The molecule has 1 aromatic carbocycles. The number of nitrogens with one attached hydrogen (secondary N) is 1. The Morgan fingerprint density at radius 2 is 2.35 bits per heavy atom. The summed E-state index contributed by atoms with van der Waals surface area (Å²) in [6.45, 7) is 3.09. The molecule has 1 saturated heterocycles. The van der Waals surface area contributed by atoms with Crippen molar-refractivity contribution in [3.8, 4) is 5.75 Å². The molecular weight excluding hydrogens is 236 g/mol. The number of hydrogen-bond acceptors (Lipinski definition) is 3. The summed E-state index contributed by atoms with van der Waals surface area (Å²) >= 11 is 6.00. The van der Waals surface area contributed by atoms with Crippen molar-refractivity contribution in [2.45, 2.75) is 19.0 Å². The predicted molar refractivity (Wildman–Crippen MR) is 70.7 cm³/mol. The van der Waals surface area contributed by atoms with E-state index in [-0.39, 0.29) is 0 Å². The van der Waals surface area contributed by atoms with Gasteiger partial charge in [-0.1, -0.05) is 11.6 Å². The third kappa shape index (κ3) is 3.35. The molecule has 1 fully saturated rings. The lowest BCUT2D eigenvalue weighted by atomic mass is 10.1. The first-order chi connectivity index (χ1) is 8.19.